The van der Waals surface area contributed by atoms with Gasteiger partial charge >= 0.3 is 0 Å². The van der Waals surface area contributed by atoms with E-state index in [1.807, 2.05) is 0 Å². The molecule has 0 spiro atoms. The topological polar surface area (TPSA) is 80.6 Å². The van der Waals surface area contributed by atoms with E-state index in [9.17, 15) is 8.78 Å². The molecule has 0 atom stereocenters. The van der Waals surface area contributed by atoms with Crippen LogP contribution in [0.15, 0.2) is 30.3 Å². The summed E-state index contributed by atoms with van der Waals surface area (Å²) in [5.41, 5.74) is 6.62. The first-order valence-corrected chi connectivity index (χ1v) is 6.59. The van der Waals surface area contributed by atoms with Crippen LogP contribution >= 0.6 is 0 Å². The molecule has 0 saturated heterocycles. The van der Waals surface area contributed by atoms with Gasteiger partial charge in [0.15, 0.2) is 5.65 Å². The minimum absolute atomic E-state index is 0.120. The Kier molecular flexibility index (Phi) is 3.32. The van der Waals surface area contributed by atoms with Crippen LogP contribution in [0.25, 0.3) is 11.0 Å². The van der Waals surface area contributed by atoms with Crippen molar-refractivity contribution in [2.45, 2.75) is 13.5 Å². The van der Waals surface area contributed by atoms with Crippen LogP contribution in [-0.4, -0.2) is 20.6 Å². The number of aryl methyl sites for hydroxylation is 1. The molecule has 0 bridgehead atoms. The van der Waals surface area contributed by atoms with Crippen LogP contribution in [-0.2, 0) is 6.54 Å². The summed E-state index contributed by atoms with van der Waals surface area (Å²) >= 11 is 0. The minimum atomic E-state index is -0.500. The molecule has 3 rings (SSSR count). The molecule has 112 valence electrons. The van der Waals surface area contributed by atoms with E-state index in [2.05, 4.69) is 10.1 Å². The predicted octanol–water partition coefficient (Wildman–Crippen LogP) is 2.35. The summed E-state index contributed by atoms with van der Waals surface area (Å²) in [4.78, 5) is 4.15. The molecule has 22 heavy (non-hydrogen) atoms. The molecule has 0 aliphatic rings. The first kappa shape index (κ1) is 14.1. The zero-order valence-electron chi connectivity index (χ0n) is 11.8. The molecule has 7 heteroatoms. The van der Waals surface area contributed by atoms with Crippen LogP contribution in [0.5, 0.6) is 0 Å². The van der Waals surface area contributed by atoms with Gasteiger partial charge in [0.1, 0.15) is 23.2 Å². The number of fused-ring (bicyclic) bond motifs is 1. The quantitative estimate of drug-likeness (QED) is 0.575. The van der Waals surface area contributed by atoms with Crippen molar-refractivity contribution < 1.29 is 8.78 Å². The lowest BCUT2D eigenvalue weighted by molar-refractivity contribution is 0.587. The molecule has 0 amide bonds. The van der Waals surface area contributed by atoms with E-state index in [0.29, 0.717) is 16.6 Å². The van der Waals surface area contributed by atoms with Crippen molar-refractivity contribution in [3.05, 3.63) is 58.9 Å². The highest BCUT2D eigenvalue weighted by molar-refractivity contribution is 6.04. The van der Waals surface area contributed by atoms with Crippen molar-refractivity contribution >= 4 is 16.9 Å². The van der Waals surface area contributed by atoms with Gasteiger partial charge in [0.25, 0.3) is 0 Å². The molecule has 5 nitrogen and oxygen atoms in total. The van der Waals surface area contributed by atoms with Crippen molar-refractivity contribution in [3.8, 4) is 0 Å². The average molecular weight is 301 g/mol. The molecule has 0 fully saturated rings. The highest BCUT2D eigenvalue weighted by atomic mass is 19.1. The summed E-state index contributed by atoms with van der Waals surface area (Å²) in [6.45, 7) is 1.65. The molecule has 2 heterocycles. The number of rotatable bonds is 3. The van der Waals surface area contributed by atoms with E-state index in [1.54, 1.807) is 18.2 Å². The zero-order valence-corrected chi connectivity index (χ0v) is 11.8. The third-order valence-electron chi connectivity index (χ3n) is 3.38. The van der Waals surface area contributed by atoms with Gasteiger partial charge < -0.3 is 5.73 Å². The Morgan fingerprint density at radius 3 is 2.68 bits per heavy atom. The number of nitrogen functional groups attached to an aromatic ring is 1. The average Bonchev–Trinajstić information content (AvgIpc) is 2.80. The fourth-order valence-electron chi connectivity index (χ4n) is 2.26. The van der Waals surface area contributed by atoms with Gasteiger partial charge in [0, 0.05) is 5.56 Å². The summed E-state index contributed by atoms with van der Waals surface area (Å²) in [5.74, 6) is -1.16. The van der Waals surface area contributed by atoms with E-state index >= 15 is 0 Å². The van der Waals surface area contributed by atoms with E-state index in [-0.39, 0.29) is 29.6 Å². The standard InChI is InChI=1S/C15H13F2N5/c1-8-12(17)6-10-13(14(18)19)21-22(15(10)20-8)7-9-4-2-3-5-11(9)16/h2-6H,7H2,1H3,(H3,18,19). The molecular weight excluding hydrogens is 288 g/mol. The van der Waals surface area contributed by atoms with Crippen LogP contribution in [0.3, 0.4) is 0 Å². The van der Waals surface area contributed by atoms with Crippen molar-refractivity contribution in [1.29, 1.82) is 5.41 Å². The molecule has 0 radical (unpaired) electrons. The van der Waals surface area contributed by atoms with Gasteiger partial charge in [-0.25, -0.2) is 18.4 Å². The Bertz CT molecular complexity index is 885. The van der Waals surface area contributed by atoms with Gasteiger partial charge in [-0.3, -0.25) is 5.41 Å². The fourth-order valence-corrected chi connectivity index (χ4v) is 2.26. The normalized spacial score (nSPS) is 11.0. The van der Waals surface area contributed by atoms with Gasteiger partial charge in [-0.15, -0.1) is 0 Å². The molecule has 0 aliphatic carbocycles. The Labute approximate surface area is 124 Å². The van der Waals surface area contributed by atoms with Gasteiger partial charge in [-0.1, -0.05) is 18.2 Å². The predicted molar refractivity (Wildman–Crippen MR) is 78.7 cm³/mol. The number of aromatic nitrogens is 3. The van der Waals surface area contributed by atoms with E-state index < -0.39 is 5.82 Å². The molecule has 0 unspecified atom stereocenters. The summed E-state index contributed by atoms with van der Waals surface area (Å²) in [6, 6.07) is 7.55. The van der Waals surface area contributed by atoms with E-state index in [4.69, 9.17) is 11.1 Å². The summed E-state index contributed by atoms with van der Waals surface area (Å²) in [5, 5.41) is 12.1. The number of hydrogen-bond donors (Lipinski definition) is 2. The fraction of sp³-hybridized carbons (Fsp3) is 0.133. The van der Waals surface area contributed by atoms with Crippen molar-refractivity contribution in [1.82, 2.24) is 14.8 Å². The van der Waals surface area contributed by atoms with Gasteiger partial charge in [0.05, 0.1) is 17.6 Å². The van der Waals surface area contributed by atoms with Gasteiger partial charge in [0.2, 0.25) is 0 Å². The van der Waals surface area contributed by atoms with Crippen molar-refractivity contribution in [2.24, 2.45) is 5.73 Å². The smallest absolute Gasteiger partial charge is 0.159 e. The van der Waals surface area contributed by atoms with Crippen LogP contribution < -0.4 is 5.73 Å². The van der Waals surface area contributed by atoms with E-state index in [0.717, 1.165) is 0 Å². The third kappa shape index (κ3) is 2.30. The van der Waals surface area contributed by atoms with Crippen LogP contribution in [0.4, 0.5) is 8.78 Å². The van der Waals surface area contributed by atoms with Gasteiger partial charge in [-0.05, 0) is 19.1 Å². The number of benzene rings is 1. The van der Waals surface area contributed by atoms with Crippen LogP contribution in [0, 0.1) is 24.0 Å². The third-order valence-corrected chi connectivity index (χ3v) is 3.38. The maximum absolute atomic E-state index is 13.8. The Hall–Kier alpha value is -2.83. The molecule has 2 aromatic heterocycles. The molecule has 3 N–H and O–H groups in total. The summed E-state index contributed by atoms with van der Waals surface area (Å²) in [6.07, 6.45) is 0. The lowest BCUT2D eigenvalue weighted by Gasteiger charge is -2.05. The minimum Gasteiger partial charge on any atom is -0.382 e. The van der Waals surface area contributed by atoms with Crippen molar-refractivity contribution in [2.75, 3.05) is 0 Å². The number of nitrogens with one attached hydrogen (secondary N) is 1. The maximum atomic E-state index is 13.8. The van der Waals surface area contributed by atoms with Crippen molar-refractivity contribution in [3.63, 3.8) is 0 Å². The number of nitrogens with two attached hydrogens (primary N) is 1. The van der Waals surface area contributed by atoms with Gasteiger partial charge in [-0.2, -0.15) is 5.10 Å². The second-order valence-corrected chi connectivity index (χ2v) is 4.94. The Balaban J connectivity index is 2.19. The SMILES string of the molecule is Cc1nc2c(cc1F)c(C(=N)N)nn2Cc1ccccc1F. The second-order valence-electron chi connectivity index (χ2n) is 4.94. The number of pyridine rings is 1. The van der Waals surface area contributed by atoms with Crippen LogP contribution in [0.1, 0.15) is 17.0 Å². The lowest BCUT2D eigenvalue weighted by Crippen LogP contribution is -2.13. The highest BCUT2D eigenvalue weighted by Gasteiger charge is 2.17. The first-order valence-electron chi connectivity index (χ1n) is 6.59. The number of halogens is 2. The Morgan fingerprint density at radius 2 is 2.00 bits per heavy atom. The largest absolute Gasteiger partial charge is 0.382 e. The summed E-state index contributed by atoms with van der Waals surface area (Å²) in [7, 11) is 0. The number of hydrogen-bond acceptors (Lipinski definition) is 3. The number of nitrogens with zero attached hydrogens (tertiary/aromatic N) is 3. The lowest BCUT2D eigenvalue weighted by atomic mass is 10.2. The first-order chi connectivity index (χ1) is 10.5. The molecule has 1 aromatic carbocycles. The molecular formula is C15H13F2N5. The summed E-state index contributed by atoms with van der Waals surface area (Å²) < 4.78 is 28.9. The Morgan fingerprint density at radius 1 is 1.27 bits per heavy atom. The molecule has 0 saturated carbocycles. The highest BCUT2D eigenvalue weighted by Crippen LogP contribution is 2.21. The maximum Gasteiger partial charge on any atom is 0.159 e. The zero-order chi connectivity index (χ0) is 15.9. The van der Waals surface area contributed by atoms with Crippen LogP contribution in [0.2, 0.25) is 0 Å². The monoisotopic (exact) mass is 301 g/mol. The molecule has 3 aromatic rings. The second kappa shape index (κ2) is 5.18. The van der Waals surface area contributed by atoms with E-state index in [1.165, 1.54) is 23.7 Å². The number of amidine groups is 1. The molecule has 0 aliphatic heterocycles.